The van der Waals surface area contributed by atoms with Crippen molar-refractivity contribution in [2.24, 2.45) is 0 Å². The number of esters is 1. The molecule has 0 aliphatic rings. The highest BCUT2D eigenvalue weighted by molar-refractivity contribution is 6.31. The van der Waals surface area contributed by atoms with E-state index in [2.05, 4.69) is 15.4 Å². The molecule has 0 bridgehead atoms. The molecule has 10 heteroatoms. The van der Waals surface area contributed by atoms with Crippen LogP contribution in [0.5, 0.6) is 11.5 Å². The molecule has 0 radical (unpaired) electrons. The summed E-state index contributed by atoms with van der Waals surface area (Å²) in [6.07, 6.45) is 2.85. The highest BCUT2D eigenvalue weighted by atomic mass is 35.5. The van der Waals surface area contributed by atoms with Crippen LogP contribution in [0, 0.1) is 0 Å². The predicted octanol–water partition coefficient (Wildman–Crippen LogP) is 2.73. The first-order valence-electron chi connectivity index (χ1n) is 8.35. The maximum atomic E-state index is 12.3. The molecule has 9 nitrogen and oxygen atoms in total. The Bertz CT molecular complexity index is 1020. The number of anilines is 1. The van der Waals surface area contributed by atoms with E-state index in [1.54, 1.807) is 24.3 Å². The van der Waals surface area contributed by atoms with Crippen molar-refractivity contribution in [3.8, 4) is 17.2 Å². The second-order valence-electron chi connectivity index (χ2n) is 5.70. The van der Waals surface area contributed by atoms with Gasteiger partial charge in [-0.1, -0.05) is 11.6 Å². The van der Waals surface area contributed by atoms with E-state index in [4.69, 9.17) is 25.8 Å². The third-order valence-electron chi connectivity index (χ3n) is 3.85. The Labute approximate surface area is 171 Å². The Morgan fingerprint density at radius 3 is 2.59 bits per heavy atom. The number of benzene rings is 2. The van der Waals surface area contributed by atoms with Crippen LogP contribution < -0.4 is 14.8 Å². The van der Waals surface area contributed by atoms with Crippen LogP contribution in [-0.2, 0) is 9.53 Å². The van der Waals surface area contributed by atoms with Gasteiger partial charge < -0.3 is 19.5 Å². The van der Waals surface area contributed by atoms with Crippen molar-refractivity contribution < 1.29 is 23.8 Å². The fraction of sp³-hybridized carbons (Fsp3) is 0.158. The molecule has 2 aromatic carbocycles. The zero-order chi connectivity index (χ0) is 20.8. The number of carbonyl (C=O) groups excluding carboxylic acids is 2. The van der Waals surface area contributed by atoms with E-state index >= 15 is 0 Å². The number of amides is 1. The van der Waals surface area contributed by atoms with E-state index in [0.717, 1.165) is 0 Å². The molecule has 1 amide bonds. The highest BCUT2D eigenvalue weighted by Crippen LogP contribution is 2.28. The van der Waals surface area contributed by atoms with Crippen LogP contribution in [-0.4, -0.2) is 47.5 Å². The lowest BCUT2D eigenvalue weighted by Gasteiger charge is -2.12. The van der Waals surface area contributed by atoms with E-state index in [-0.39, 0.29) is 5.56 Å². The molecule has 1 aromatic heterocycles. The summed E-state index contributed by atoms with van der Waals surface area (Å²) in [5, 5.41) is 7.11. The minimum atomic E-state index is -0.677. The van der Waals surface area contributed by atoms with Gasteiger partial charge >= 0.3 is 5.97 Å². The topological polar surface area (TPSA) is 105 Å². The van der Waals surface area contributed by atoms with Crippen LogP contribution >= 0.6 is 11.6 Å². The van der Waals surface area contributed by atoms with Crippen molar-refractivity contribution >= 4 is 29.2 Å². The summed E-state index contributed by atoms with van der Waals surface area (Å²) in [7, 11) is 2.95. The number of ether oxygens (including phenoxy) is 3. The SMILES string of the molecule is COc1ccc(C(=O)OCC(=O)Nc2cc(Cl)ccc2-n2cncn2)cc1OC. The summed E-state index contributed by atoms with van der Waals surface area (Å²) in [5.74, 6) is -0.364. The largest absolute Gasteiger partial charge is 0.493 e. The normalized spacial score (nSPS) is 10.3. The first-order chi connectivity index (χ1) is 14.0. The van der Waals surface area contributed by atoms with Crippen molar-refractivity contribution in [1.82, 2.24) is 14.8 Å². The third-order valence-corrected chi connectivity index (χ3v) is 4.09. The Morgan fingerprint density at radius 1 is 1.10 bits per heavy atom. The zero-order valence-corrected chi connectivity index (χ0v) is 16.3. The fourth-order valence-corrected chi connectivity index (χ4v) is 2.68. The number of hydrogen-bond donors (Lipinski definition) is 1. The van der Waals surface area contributed by atoms with Gasteiger partial charge in [0.05, 0.1) is 31.2 Å². The zero-order valence-electron chi connectivity index (χ0n) is 15.6. The summed E-state index contributed by atoms with van der Waals surface area (Å²) in [6, 6.07) is 9.46. The van der Waals surface area contributed by atoms with Crippen LogP contribution in [0.3, 0.4) is 0 Å². The van der Waals surface area contributed by atoms with Gasteiger partial charge in [0, 0.05) is 5.02 Å². The van der Waals surface area contributed by atoms with Gasteiger partial charge in [-0.2, -0.15) is 5.10 Å². The summed E-state index contributed by atoms with van der Waals surface area (Å²) in [6.45, 7) is -0.490. The maximum Gasteiger partial charge on any atom is 0.338 e. The molecule has 3 aromatic rings. The molecule has 3 rings (SSSR count). The number of methoxy groups -OCH3 is 2. The van der Waals surface area contributed by atoms with Crippen LogP contribution in [0.15, 0.2) is 49.1 Å². The lowest BCUT2D eigenvalue weighted by atomic mass is 10.2. The fourth-order valence-electron chi connectivity index (χ4n) is 2.50. The standard InChI is InChI=1S/C19H17ClN4O5/c1-27-16-6-3-12(7-17(16)28-2)19(26)29-9-18(25)23-14-8-13(20)4-5-15(14)24-11-21-10-22-24/h3-8,10-11H,9H2,1-2H3,(H,23,25). The summed E-state index contributed by atoms with van der Waals surface area (Å²) < 4.78 is 16.8. The lowest BCUT2D eigenvalue weighted by molar-refractivity contribution is -0.119. The van der Waals surface area contributed by atoms with Gasteiger partial charge in [0.1, 0.15) is 12.7 Å². The quantitative estimate of drug-likeness (QED) is 0.590. The molecule has 0 atom stereocenters. The minimum Gasteiger partial charge on any atom is -0.493 e. The van der Waals surface area contributed by atoms with E-state index in [9.17, 15) is 9.59 Å². The molecule has 0 aliphatic carbocycles. The van der Waals surface area contributed by atoms with E-state index in [1.165, 1.54) is 43.7 Å². The first kappa shape index (κ1) is 20.2. The Kier molecular flexibility index (Phi) is 6.30. The van der Waals surface area contributed by atoms with E-state index in [0.29, 0.717) is 27.9 Å². The Hall–Kier alpha value is -3.59. The molecule has 150 valence electrons. The van der Waals surface area contributed by atoms with Crippen molar-refractivity contribution in [2.75, 3.05) is 26.1 Å². The Balaban J connectivity index is 1.66. The van der Waals surface area contributed by atoms with Crippen LogP contribution in [0.25, 0.3) is 5.69 Å². The summed E-state index contributed by atoms with van der Waals surface area (Å²) in [5.41, 5.74) is 1.18. The predicted molar refractivity (Wildman–Crippen MR) is 105 cm³/mol. The van der Waals surface area contributed by atoms with Gasteiger partial charge in [0.15, 0.2) is 18.1 Å². The van der Waals surface area contributed by atoms with Crippen molar-refractivity contribution in [1.29, 1.82) is 0 Å². The van der Waals surface area contributed by atoms with Crippen molar-refractivity contribution in [2.45, 2.75) is 0 Å². The average Bonchev–Trinajstić information content (AvgIpc) is 3.26. The summed E-state index contributed by atoms with van der Waals surface area (Å²) in [4.78, 5) is 28.4. The number of nitrogens with one attached hydrogen (secondary N) is 1. The van der Waals surface area contributed by atoms with Gasteiger partial charge in [-0.05, 0) is 36.4 Å². The molecule has 0 saturated carbocycles. The highest BCUT2D eigenvalue weighted by Gasteiger charge is 2.15. The molecule has 0 spiro atoms. The number of halogens is 1. The second-order valence-corrected chi connectivity index (χ2v) is 6.13. The summed E-state index contributed by atoms with van der Waals surface area (Å²) >= 11 is 6.02. The molecule has 0 aliphatic heterocycles. The number of aromatic nitrogens is 3. The minimum absolute atomic E-state index is 0.224. The molecular formula is C19H17ClN4O5. The van der Waals surface area contributed by atoms with Gasteiger partial charge in [-0.25, -0.2) is 14.5 Å². The van der Waals surface area contributed by atoms with Crippen LogP contribution in [0.4, 0.5) is 5.69 Å². The van der Waals surface area contributed by atoms with E-state index in [1.807, 2.05) is 0 Å². The molecule has 0 unspecified atom stereocenters. The molecule has 1 heterocycles. The first-order valence-corrected chi connectivity index (χ1v) is 8.73. The van der Waals surface area contributed by atoms with Crippen LogP contribution in [0.1, 0.15) is 10.4 Å². The van der Waals surface area contributed by atoms with Crippen LogP contribution in [0.2, 0.25) is 5.02 Å². The van der Waals surface area contributed by atoms with Crippen molar-refractivity contribution in [3.63, 3.8) is 0 Å². The number of carbonyl (C=O) groups is 2. The average molecular weight is 417 g/mol. The molecule has 29 heavy (non-hydrogen) atoms. The lowest BCUT2D eigenvalue weighted by Crippen LogP contribution is -2.21. The second kappa shape index (κ2) is 9.07. The monoisotopic (exact) mass is 416 g/mol. The van der Waals surface area contributed by atoms with Gasteiger partial charge in [-0.15, -0.1) is 0 Å². The third kappa shape index (κ3) is 4.82. The van der Waals surface area contributed by atoms with Gasteiger partial charge in [0.2, 0.25) is 0 Å². The van der Waals surface area contributed by atoms with E-state index < -0.39 is 18.5 Å². The van der Waals surface area contributed by atoms with Gasteiger partial charge in [-0.3, -0.25) is 4.79 Å². The smallest absolute Gasteiger partial charge is 0.338 e. The van der Waals surface area contributed by atoms with Crippen molar-refractivity contribution in [3.05, 3.63) is 59.6 Å². The molecule has 0 fully saturated rings. The Morgan fingerprint density at radius 2 is 1.90 bits per heavy atom. The molecule has 1 N–H and O–H groups in total. The molecular weight excluding hydrogens is 400 g/mol. The maximum absolute atomic E-state index is 12.3. The number of rotatable bonds is 7. The molecule has 0 saturated heterocycles. The van der Waals surface area contributed by atoms with Gasteiger partial charge in [0.25, 0.3) is 5.91 Å². The number of hydrogen-bond acceptors (Lipinski definition) is 7. The number of nitrogens with zero attached hydrogens (tertiary/aromatic N) is 3.